The van der Waals surface area contributed by atoms with E-state index >= 15 is 0 Å². The van der Waals surface area contributed by atoms with Crippen LogP contribution >= 0.6 is 0 Å². The van der Waals surface area contributed by atoms with Gasteiger partial charge in [-0.15, -0.1) is 0 Å². The van der Waals surface area contributed by atoms with Gasteiger partial charge in [-0.25, -0.2) is 0 Å². The second-order valence-corrected chi connectivity index (χ2v) is 5.43. The summed E-state index contributed by atoms with van der Waals surface area (Å²) in [6.07, 6.45) is 2.22. The summed E-state index contributed by atoms with van der Waals surface area (Å²) in [4.78, 5) is 0. The lowest BCUT2D eigenvalue weighted by Crippen LogP contribution is -2.13. The molecule has 0 bridgehead atoms. The topological polar surface area (TPSA) is 29.5 Å². The van der Waals surface area contributed by atoms with Crippen molar-refractivity contribution in [2.24, 2.45) is 0 Å². The van der Waals surface area contributed by atoms with Crippen molar-refractivity contribution in [3.63, 3.8) is 0 Å². The van der Waals surface area contributed by atoms with Crippen LogP contribution in [0.5, 0.6) is 5.75 Å². The fraction of sp³-hybridized carbons (Fsp3) is 0.333. The SMILES string of the molecule is Cc1ccccc1CC(O)c1cccc2c1OCCC2. The number of hydrogen-bond donors (Lipinski definition) is 1. The Labute approximate surface area is 120 Å². The van der Waals surface area contributed by atoms with Crippen molar-refractivity contribution in [2.75, 3.05) is 6.61 Å². The molecule has 3 rings (SSSR count). The summed E-state index contributed by atoms with van der Waals surface area (Å²) in [6.45, 7) is 2.83. The Morgan fingerprint density at radius 3 is 2.85 bits per heavy atom. The van der Waals surface area contributed by atoms with Gasteiger partial charge in [0, 0.05) is 12.0 Å². The quantitative estimate of drug-likeness (QED) is 0.921. The van der Waals surface area contributed by atoms with Crippen LogP contribution in [0.3, 0.4) is 0 Å². The number of rotatable bonds is 3. The molecule has 0 aromatic heterocycles. The molecule has 0 saturated carbocycles. The van der Waals surface area contributed by atoms with Gasteiger partial charge < -0.3 is 9.84 Å². The monoisotopic (exact) mass is 268 g/mol. The van der Waals surface area contributed by atoms with Crippen molar-refractivity contribution in [1.82, 2.24) is 0 Å². The zero-order valence-corrected chi connectivity index (χ0v) is 11.8. The number of aliphatic hydroxyl groups is 1. The second-order valence-electron chi connectivity index (χ2n) is 5.43. The molecule has 0 radical (unpaired) electrons. The Balaban J connectivity index is 1.88. The summed E-state index contributed by atoms with van der Waals surface area (Å²) >= 11 is 0. The molecule has 2 aromatic rings. The molecule has 1 N–H and O–H groups in total. The molecule has 2 aromatic carbocycles. The van der Waals surface area contributed by atoms with E-state index in [0.717, 1.165) is 30.8 Å². The van der Waals surface area contributed by atoms with E-state index in [1.807, 2.05) is 24.3 Å². The number of hydrogen-bond acceptors (Lipinski definition) is 2. The molecule has 1 aliphatic rings. The van der Waals surface area contributed by atoms with Gasteiger partial charge in [0.25, 0.3) is 0 Å². The van der Waals surface area contributed by atoms with Gasteiger partial charge >= 0.3 is 0 Å². The average molecular weight is 268 g/mol. The van der Waals surface area contributed by atoms with E-state index in [2.05, 4.69) is 25.1 Å². The maximum Gasteiger partial charge on any atom is 0.128 e. The molecule has 104 valence electrons. The Morgan fingerprint density at radius 2 is 2.00 bits per heavy atom. The first-order valence-electron chi connectivity index (χ1n) is 7.23. The third-order valence-corrected chi connectivity index (χ3v) is 4.00. The highest BCUT2D eigenvalue weighted by Gasteiger charge is 2.20. The highest BCUT2D eigenvalue weighted by molar-refractivity contribution is 5.44. The summed E-state index contributed by atoms with van der Waals surface area (Å²) in [5.74, 6) is 0.903. The molecular weight excluding hydrogens is 248 g/mol. The molecule has 0 spiro atoms. The molecule has 20 heavy (non-hydrogen) atoms. The zero-order valence-electron chi connectivity index (χ0n) is 11.8. The lowest BCUT2D eigenvalue weighted by atomic mass is 9.94. The van der Waals surface area contributed by atoms with Crippen LogP contribution in [0.2, 0.25) is 0 Å². The minimum absolute atomic E-state index is 0.510. The van der Waals surface area contributed by atoms with Gasteiger partial charge in [-0.3, -0.25) is 0 Å². The molecular formula is C18H20O2. The average Bonchev–Trinajstić information content (AvgIpc) is 2.49. The van der Waals surface area contributed by atoms with Gasteiger partial charge in [0.05, 0.1) is 12.7 Å². The third kappa shape index (κ3) is 2.56. The van der Waals surface area contributed by atoms with E-state index in [9.17, 15) is 5.11 Å². The predicted octanol–water partition coefficient (Wildman–Crippen LogP) is 3.60. The van der Waals surface area contributed by atoms with Crippen LogP contribution in [0.4, 0.5) is 0 Å². The largest absolute Gasteiger partial charge is 0.493 e. The molecule has 2 nitrogen and oxygen atoms in total. The Hall–Kier alpha value is -1.80. The summed E-state index contributed by atoms with van der Waals surface area (Å²) in [5.41, 5.74) is 4.55. The van der Waals surface area contributed by atoms with Gasteiger partial charge in [0.15, 0.2) is 0 Å². The van der Waals surface area contributed by atoms with E-state index in [4.69, 9.17) is 4.74 Å². The number of aliphatic hydroxyl groups excluding tert-OH is 1. The maximum absolute atomic E-state index is 10.6. The number of ether oxygens (including phenoxy) is 1. The van der Waals surface area contributed by atoms with Crippen LogP contribution in [0.15, 0.2) is 42.5 Å². The van der Waals surface area contributed by atoms with Crippen molar-refractivity contribution in [1.29, 1.82) is 0 Å². The van der Waals surface area contributed by atoms with E-state index in [-0.39, 0.29) is 0 Å². The minimum atomic E-state index is -0.510. The minimum Gasteiger partial charge on any atom is -0.493 e. The number of benzene rings is 2. The van der Waals surface area contributed by atoms with Gasteiger partial charge in [-0.05, 0) is 36.5 Å². The molecule has 2 heteroatoms. The zero-order chi connectivity index (χ0) is 13.9. The Bertz CT molecular complexity index is 604. The standard InChI is InChI=1S/C18H20O2/c1-13-6-2-3-7-15(13)12-17(19)16-10-4-8-14-9-5-11-20-18(14)16/h2-4,6-8,10,17,19H,5,9,11-12H2,1H3. The highest BCUT2D eigenvalue weighted by atomic mass is 16.5. The summed E-state index contributed by atoms with van der Waals surface area (Å²) in [7, 11) is 0. The lowest BCUT2D eigenvalue weighted by Gasteiger charge is -2.23. The molecule has 0 amide bonds. The summed E-state index contributed by atoms with van der Waals surface area (Å²) < 4.78 is 5.78. The molecule has 1 aliphatic heterocycles. The second kappa shape index (κ2) is 5.68. The lowest BCUT2D eigenvalue weighted by molar-refractivity contribution is 0.169. The number of para-hydroxylation sites is 1. The molecule has 1 unspecified atom stereocenters. The van der Waals surface area contributed by atoms with E-state index in [0.29, 0.717) is 6.42 Å². The fourth-order valence-electron chi connectivity index (χ4n) is 2.83. The summed E-state index contributed by atoms with van der Waals surface area (Å²) in [5, 5.41) is 10.6. The van der Waals surface area contributed by atoms with Crippen molar-refractivity contribution in [2.45, 2.75) is 32.3 Å². The normalized spacial score (nSPS) is 15.3. The van der Waals surface area contributed by atoms with Crippen LogP contribution in [0, 0.1) is 6.92 Å². The maximum atomic E-state index is 10.6. The van der Waals surface area contributed by atoms with Crippen LogP contribution in [-0.2, 0) is 12.8 Å². The first kappa shape index (κ1) is 13.2. The van der Waals surface area contributed by atoms with Gasteiger partial charge in [0.1, 0.15) is 5.75 Å². The smallest absolute Gasteiger partial charge is 0.128 e. The van der Waals surface area contributed by atoms with Gasteiger partial charge in [-0.1, -0.05) is 42.5 Å². The van der Waals surface area contributed by atoms with Crippen LogP contribution in [0.1, 0.15) is 34.8 Å². The predicted molar refractivity (Wildman–Crippen MR) is 80.1 cm³/mol. The Morgan fingerprint density at radius 1 is 1.15 bits per heavy atom. The van der Waals surface area contributed by atoms with Gasteiger partial charge in [-0.2, -0.15) is 0 Å². The van der Waals surface area contributed by atoms with Gasteiger partial charge in [0.2, 0.25) is 0 Å². The first-order chi connectivity index (χ1) is 9.75. The molecule has 0 fully saturated rings. The van der Waals surface area contributed by atoms with E-state index in [1.54, 1.807) is 0 Å². The van der Waals surface area contributed by atoms with Crippen molar-refractivity contribution < 1.29 is 9.84 Å². The first-order valence-corrected chi connectivity index (χ1v) is 7.23. The van der Waals surface area contributed by atoms with E-state index < -0.39 is 6.10 Å². The number of aryl methyl sites for hydroxylation is 2. The van der Waals surface area contributed by atoms with E-state index in [1.165, 1.54) is 16.7 Å². The van der Waals surface area contributed by atoms with Crippen LogP contribution in [-0.4, -0.2) is 11.7 Å². The molecule has 0 aliphatic carbocycles. The van der Waals surface area contributed by atoms with Crippen molar-refractivity contribution >= 4 is 0 Å². The fourth-order valence-corrected chi connectivity index (χ4v) is 2.83. The summed E-state index contributed by atoms with van der Waals surface area (Å²) in [6, 6.07) is 14.3. The van der Waals surface area contributed by atoms with Crippen LogP contribution in [0.25, 0.3) is 0 Å². The number of fused-ring (bicyclic) bond motifs is 1. The Kier molecular flexibility index (Phi) is 3.75. The highest BCUT2D eigenvalue weighted by Crippen LogP contribution is 2.34. The molecule has 1 atom stereocenters. The third-order valence-electron chi connectivity index (χ3n) is 4.00. The van der Waals surface area contributed by atoms with Crippen LogP contribution < -0.4 is 4.74 Å². The van der Waals surface area contributed by atoms with Crippen molar-refractivity contribution in [3.05, 3.63) is 64.7 Å². The molecule has 1 heterocycles. The van der Waals surface area contributed by atoms with Crippen molar-refractivity contribution in [3.8, 4) is 5.75 Å². The molecule has 0 saturated heterocycles.